The van der Waals surface area contributed by atoms with E-state index in [1.165, 1.54) is 0 Å². The minimum atomic E-state index is 0.836. The number of benzene rings is 1. The number of hydrogen-bond donors (Lipinski definition) is 1. The lowest BCUT2D eigenvalue weighted by molar-refractivity contribution is 0.295. The van der Waals surface area contributed by atoms with E-state index in [-0.39, 0.29) is 0 Å². The van der Waals surface area contributed by atoms with Crippen molar-refractivity contribution in [3.63, 3.8) is 0 Å². The molecule has 0 aliphatic heterocycles. The molecule has 0 amide bonds. The molecule has 0 aliphatic rings. The zero-order valence-corrected chi connectivity index (χ0v) is 9.79. The third-order valence-electron chi connectivity index (χ3n) is 2.64. The van der Waals surface area contributed by atoms with Crippen LogP contribution in [0, 0.1) is 0 Å². The van der Waals surface area contributed by atoms with Crippen LogP contribution in [0.1, 0.15) is 19.4 Å². The molecule has 1 aromatic carbocycles. The fourth-order valence-corrected chi connectivity index (χ4v) is 1.53. The van der Waals surface area contributed by atoms with Crippen molar-refractivity contribution in [2.24, 2.45) is 0 Å². The SMILES string of the molecule is CCN(CC)Cc1cc(OC)ccc1N. The van der Waals surface area contributed by atoms with E-state index in [4.69, 9.17) is 10.5 Å². The third-order valence-corrected chi connectivity index (χ3v) is 2.64. The predicted molar refractivity (Wildman–Crippen MR) is 64.0 cm³/mol. The van der Waals surface area contributed by atoms with Gasteiger partial charge in [0.1, 0.15) is 5.75 Å². The molecule has 3 heteroatoms. The summed E-state index contributed by atoms with van der Waals surface area (Å²) in [6.45, 7) is 7.26. The molecule has 0 radical (unpaired) electrons. The topological polar surface area (TPSA) is 38.5 Å². The lowest BCUT2D eigenvalue weighted by Gasteiger charge is -2.19. The molecule has 0 aliphatic carbocycles. The zero-order chi connectivity index (χ0) is 11.3. The summed E-state index contributed by atoms with van der Waals surface area (Å²) in [6.07, 6.45) is 0. The number of hydrogen-bond acceptors (Lipinski definition) is 3. The molecule has 84 valence electrons. The van der Waals surface area contributed by atoms with Crippen LogP contribution in [0.2, 0.25) is 0 Å². The van der Waals surface area contributed by atoms with Crippen molar-refractivity contribution in [3.8, 4) is 5.75 Å². The Kier molecular flexibility index (Phi) is 4.43. The van der Waals surface area contributed by atoms with E-state index in [9.17, 15) is 0 Å². The second-order valence-electron chi connectivity index (χ2n) is 3.53. The molecule has 0 saturated carbocycles. The minimum absolute atomic E-state index is 0.836. The van der Waals surface area contributed by atoms with Crippen molar-refractivity contribution in [1.82, 2.24) is 4.90 Å². The monoisotopic (exact) mass is 208 g/mol. The molecular weight excluding hydrogens is 188 g/mol. The molecular formula is C12H20N2O. The maximum atomic E-state index is 5.92. The Morgan fingerprint density at radius 2 is 1.93 bits per heavy atom. The van der Waals surface area contributed by atoms with E-state index >= 15 is 0 Å². The van der Waals surface area contributed by atoms with Gasteiger partial charge in [0, 0.05) is 12.2 Å². The van der Waals surface area contributed by atoms with Crippen molar-refractivity contribution >= 4 is 5.69 Å². The second kappa shape index (κ2) is 5.61. The summed E-state index contributed by atoms with van der Waals surface area (Å²) < 4.78 is 5.18. The number of nitrogen functional groups attached to an aromatic ring is 1. The van der Waals surface area contributed by atoms with Crippen molar-refractivity contribution < 1.29 is 4.74 Å². The van der Waals surface area contributed by atoms with E-state index < -0.39 is 0 Å². The van der Waals surface area contributed by atoms with Crippen LogP contribution in [0.4, 0.5) is 5.69 Å². The van der Waals surface area contributed by atoms with Gasteiger partial charge in [0.25, 0.3) is 0 Å². The van der Waals surface area contributed by atoms with Gasteiger partial charge in [-0.05, 0) is 36.9 Å². The highest BCUT2D eigenvalue weighted by molar-refractivity contribution is 5.50. The van der Waals surface area contributed by atoms with Crippen LogP contribution in [0.25, 0.3) is 0 Å². The summed E-state index contributed by atoms with van der Waals surface area (Å²) in [5.41, 5.74) is 7.89. The van der Waals surface area contributed by atoms with E-state index in [2.05, 4.69) is 18.7 Å². The molecule has 15 heavy (non-hydrogen) atoms. The van der Waals surface area contributed by atoms with Gasteiger partial charge in [-0.3, -0.25) is 4.90 Å². The summed E-state index contributed by atoms with van der Waals surface area (Å²) in [7, 11) is 1.67. The molecule has 0 unspecified atom stereocenters. The molecule has 3 nitrogen and oxygen atoms in total. The molecule has 0 aromatic heterocycles. The fraction of sp³-hybridized carbons (Fsp3) is 0.500. The van der Waals surface area contributed by atoms with E-state index in [1.54, 1.807) is 7.11 Å². The lowest BCUT2D eigenvalue weighted by Crippen LogP contribution is -2.22. The van der Waals surface area contributed by atoms with Gasteiger partial charge in [0.2, 0.25) is 0 Å². The highest BCUT2D eigenvalue weighted by Crippen LogP contribution is 2.20. The normalized spacial score (nSPS) is 10.7. The minimum Gasteiger partial charge on any atom is -0.497 e. The highest BCUT2D eigenvalue weighted by atomic mass is 16.5. The van der Waals surface area contributed by atoms with E-state index in [0.29, 0.717) is 0 Å². The first kappa shape index (κ1) is 11.9. The number of nitrogens with two attached hydrogens (primary N) is 1. The van der Waals surface area contributed by atoms with Crippen LogP contribution in [0.5, 0.6) is 5.75 Å². The van der Waals surface area contributed by atoms with Crippen LogP contribution in [0.15, 0.2) is 18.2 Å². The quantitative estimate of drug-likeness (QED) is 0.753. The number of ether oxygens (including phenoxy) is 1. The number of methoxy groups -OCH3 is 1. The van der Waals surface area contributed by atoms with E-state index in [1.807, 2.05) is 18.2 Å². The van der Waals surface area contributed by atoms with Gasteiger partial charge in [0.15, 0.2) is 0 Å². The lowest BCUT2D eigenvalue weighted by atomic mass is 10.1. The van der Waals surface area contributed by atoms with Crippen molar-refractivity contribution in [2.75, 3.05) is 25.9 Å². The van der Waals surface area contributed by atoms with Crippen LogP contribution < -0.4 is 10.5 Å². The van der Waals surface area contributed by atoms with Gasteiger partial charge in [-0.2, -0.15) is 0 Å². The number of anilines is 1. The predicted octanol–water partition coefficient (Wildman–Crippen LogP) is 2.12. The Morgan fingerprint density at radius 3 is 2.47 bits per heavy atom. The maximum absolute atomic E-state index is 5.92. The molecule has 0 atom stereocenters. The first-order chi connectivity index (χ1) is 7.21. The maximum Gasteiger partial charge on any atom is 0.119 e. The van der Waals surface area contributed by atoms with Crippen LogP contribution in [0.3, 0.4) is 0 Å². The zero-order valence-electron chi connectivity index (χ0n) is 9.79. The van der Waals surface area contributed by atoms with Gasteiger partial charge < -0.3 is 10.5 Å². The molecule has 0 bridgehead atoms. The highest BCUT2D eigenvalue weighted by Gasteiger charge is 2.05. The van der Waals surface area contributed by atoms with Crippen LogP contribution in [-0.4, -0.2) is 25.1 Å². The molecule has 1 rings (SSSR count). The molecule has 2 N–H and O–H groups in total. The Bertz CT molecular complexity index is 308. The summed E-state index contributed by atoms with van der Waals surface area (Å²) in [5, 5.41) is 0. The van der Waals surface area contributed by atoms with Gasteiger partial charge in [-0.15, -0.1) is 0 Å². The summed E-state index contributed by atoms with van der Waals surface area (Å²) >= 11 is 0. The first-order valence-corrected chi connectivity index (χ1v) is 5.36. The summed E-state index contributed by atoms with van der Waals surface area (Å²) in [5.74, 6) is 0.867. The van der Waals surface area contributed by atoms with Gasteiger partial charge >= 0.3 is 0 Å². The fourth-order valence-electron chi connectivity index (χ4n) is 1.53. The standard InChI is InChI=1S/C12H20N2O/c1-4-14(5-2)9-10-8-11(15-3)6-7-12(10)13/h6-8H,4-5,9,13H2,1-3H3. The van der Waals surface area contributed by atoms with Crippen molar-refractivity contribution in [1.29, 1.82) is 0 Å². The largest absolute Gasteiger partial charge is 0.497 e. The third kappa shape index (κ3) is 3.13. The van der Waals surface area contributed by atoms with Crippen molar-refractivity contribution in [3.05, 3.63) is 23.8 Å². The molecule has 0 spiro atoms. The summed E-state index contributed by atoms with van der Waals surface area (Å²) in [6, 6.07) is 5.80. The second-order valence-corrected chi connectivity index (χ2v) is 3.53. The Morgan fingerprint density at radius 1 is 1.27 bits per heavy atom. The number of rotatable bonds is 5. The molecule has 0 heterocycles. The Balaban J connectivity index is 2.82. The Hall–Kier alpha value is -1.22. The van der Waals surface area contributed by atoms with Crippen LogP contribution in [-0.2, 0) is 6.54 Å². The molecule has 1 aromatic rings. The van der Waals surface area contributed by atoms with E-state index in [0.717, 1.165) is 36.6 Å². The molecule has 0 fully saturated rings. The average molecular weight is 208 g/mol. The van der Waals surface area contributed by atoms with Gasteiger partial charge in [-0.25, -0.2) is 0 Å². The molecule has 0 saturated heterocycles. The smallest absolute Gasteiger partial charge is 0.119 e. The average Bonchev–Trinajstić information content (AvgIpc) is 2.28. The Labute approximate surface area is 91.8 Å². The number of nitrogens with zero attached hydrogens (tertiary/aromatic N) is 1. The van der Waals surface area contributed by atoms with Crippen molar-refractivity contribution in [2.45, 2.75) is 20.4 Å². The van der Waals surface area contributed by atoms with Gasteiger partial charge in [-0.1, -0.05) is 13.8 Å². The first-order valence-electron chi connectivity index (χ1n) is 5.36. The van der Waals surface area contributed by atoms with Crippen LogP contribution >= 0.6 is 0 Å². The van der Waals surface area contributed by atoms with Gasteiger partial charge in [0.05, 0.1) is 7.11 Å². The summed E-state index contributed by atoms with van der Waals surface area (Å²) in [4.78, 5) is 2.32.